The molecule has 5 heteroatoms. The van der Waals surface area contributed by atoms with E-state index in [1.807, 2.05) is 0 Å². The molecule has 1 aromatic heterocycles. The molecule has 0 bridgehead atoms. The zero-order valence-corrected chi connectivity index (χ0v) is 7.12. The van der Waals surface area contributed by atoms with Crippen molar-refractivity contribution in [2.75, 3.05) is 6.61 Å². The summed E-state index contributed by atoms with van der Waals surface area (Å²) < 4.78 is 37.0. The summed E-state index contributed by atoms with van der Waals surface area (Å²) in [4.78, 5) is 3.24. The monoisotopic (exact) mass is 203 g/mol. The van der Waals surface area contributed by atoms with Crippen LogP contribution in [0.3, 0.4) is 0 Å². The summed E-state index contributed by atoms with van der Waals surface area (Å²) in [6, 6.07) is 2.70. The van der Waals surface area contributed by atoms with E-state index in [-0.39, 0.29) is 12.2 Å². The first-order valence-corrected chi connectivity index (χ1v) is 3.85. The lowest BCUT2D eigenvalue weighted by atomic mass is 10.2. The third-order valence-corrected chi connectivity index (χ3v) is 1.51. The Balaban J connectivity index is 3.10. The molecular formula is C9H8F3NO. The van der Waals surface area contributed by atoms with Gasteiger partial charge in [-0.25, -0.2) is 0 Å². The minimum atomic E-state index is -4.46. The van der Waals surface area contributed by atoms with Gasteiger partial charge >= 0.3 is 6.18 Å². The van der Waals surface area contributed by atoms with Crippen molar-refractivity contribution in [3.05, 3.63) is 35.7 Å². The quantitative estimate of drug-likeness (QED) is 0.798. The lowest BCUT2D eigenvalue weighted by Gasteiger charge is -2.07. The van der Waals surface area contributed by atoms with Gasteiger partial charge in [-0.05, 0) is 6.07 Å². The zero-order valence-electron chi connectivity index (χ0n) is 7.12. The maximum absolute atomic E-state index is 12.3. The number of hydrogen-bond donors (Lipinski definition) is 1. The lowest BCUT2D eigenvalue weighted by molar-refractivity contribution is -0.141. The molecule has 1 N–H and O–H groups in total. The van der Waals surface area contributed by atoms with Crippen molar-refractivity contribution in [1.29, 1.82) is 0 Å². The second-order valence-electron chi connectivity index (χ2n) is 2.52. The van der Waals surface area contributed by atoms with Gasteiger partial charge in [0.2, 0.25) is 0 Å². The minimum Gasteiger partial charge on any atom is -0.392 e. The average Bonchev–Trinajstić information content (AvgIpc) is 2.14. The molecule has 76 valence electrons. The number of pyridine rings is 1. The molecule has 1 heterocycles. The first-order valence-electron chi connectivity index (χ1n) is 3.85. The molecule has 0 unspecified atom stereocenters. The molecule has 0 saturated heterocycles. The highest BCUT2D eigenvalue weighted by Gasteiger charge is 2.34. The summed E-state index contributed by atoms with van der Waals surface area (Å²) in [7, 11) is 0. The number of nitrogens with zero attached hydrogens (tertiary/aromatic N) is 1. The number of aromatic nitrogens is 1. The third-order valence-electron chi connectivity index (χ3n) is 1.51. The Kier molecular flexibility index (Phi) is 3.24. The smallest absolute Gasteiger partial charge is 0.392 e. The highest BCUT2D eigenvalue weighted by Crippen LogP contribution is 2.30. The van der Waals surface area contributed by atoms with E-state index in [2.05, 4.69) is 4.98 Å². The molecule has 0 aliphatic rings. The van der Waals surface area contributed by atoms with Crippen LogP contribution in [0.4, 0.5) is 13.2 Å². The van der Waals surface area contributed by atoms with Gasteiger partial charge in [0.15, 0.2) is 5.69 Å². The number of rotatable bonds is 2. The average molecular weight is 203 g/mol. The van der Waals surface area contributed by atoms with Gasteiger partial charge in [0.1, 0.15) is 0 Å². The molecule has 14 heavy (non-hydrogen) atoms. The van der Waals surface area contributed by atoms with E-state index in [1.165, 1.54) is 24.3 Å². The normalized spacial score (nSPS) is 12.3. The van der Waals surface area contributed by atoms with E-state index in [0.29, 0.717) is 0 Å². The standard InChI is InChI=1S/C9H8F3NO/c10-9(11,12)8-7(4-2-6-14)3-1-5-13-8/h1-5,14H,6H2/b4-2+. The maximum atomic E-state index is 12.3. The predicted molar refractivity (Wildman–Crippen MR) is 45.4 cm³/mol. The van der Waals surface area contributed by atoms with Crippen molar-refractivity contribution in [3.8, 4) is 0 Å². The largest absolute Gasteiger partial charge is 0.433 e. The maximum Gasteiger partial charge on any atom is 0.433 e. The summed E-state index contributed by atoms with van der Waals surface area (Å²) in [5.74, 6) is 0. The number of aliphatic hydroxyl groups excluding tert-OH is 1. The molecule has 2 nitrogen and oxygen atoms in total. The molecule has 0 atom stereocenters. The Bertz CT molecular complexity index is 333. The molecule has 0 aliphatic carbocycles. The molecule has 1 aromatic rings. The van der Waals surface area contributed by atoms with E-state index < -0.39 is 11.9 Å². The van der Waals surface area contributed by atoms with Crippen molar-refractivity contribution in [2.24, 2.45) is 0 Å². The highest BCUT2D eigenvalue weighted by molar-refractivity contribution is 5.52. The van der Waals surface area contributed by atoms with Crippen LogP contribution in [-0.4, -0.2) is 16.7 Å². The number of aliphatic hydroxyl groups is 1. The Morgan fingerprint density at radius 1 is 1.43 bits per heavy atom. The Labute approximate surface area is 78.7 Å². The van der Waals surface area contributed by atoms with Crippen LogP contribution in [0.15, 0.2) is 24.4 Å². The topological polar surface area (TPSA) is 33.1 Å². The second kappa shape index (κ2) is 4.23. The van der Waals surface area contributed by atoms with Crippen molar-refractivity contribution in [1.82, 2.24) is 4.98 Å². The molecule has 0 aliphatic heterocycles. The van der Waals surface area contributed by atoms with Crippen LogP contribution in [0.1, 0.15) is 11.3 Å². The minimum absolute atomic E-state index is 0.0472. The number of hydrogen-bond acceptors (Lipinski definition) is 2. The second-order valence-corrected chi connectivity index (χ2v) is 2.52. The summed E-state index contributed by atoms with van der Waals surface area (Å²) in [6.45, 7) is -0.299. The fraction of sp³-hybridized carbons (Fsp3) is 0.222. The molecule has 0 aromatic carbocycles. The van der Waals surface area contributed by atoms with E-state index in [1.54, 1.807) is 0 Å². The molecule has 0 radical (unpaired) electrons. The third kappa shape index (κ3) is 2.56. The van der Waals surface area contributed by atoms with Gasteiger partial charge in [0.05, 0.1) is 6.61 Å². The summed E-state index contributed by atoms with van der Waals surface area (Å²) in [5.41, 5.74) is -0.987. The van der Waals surface area contributed by atoms with Crippen LogP contribution in [0, 0.1) is 0 Å². The molecule has 0 amide bonds. The van der Waals surface area contributed by atoms with Gasteiger partial charge in [-0.1, -0.05) is 18.2 Å². The van der Waals surface area contributed by atoms with Crippen molar-refractivity contribution in [2.45, 2.75) is 6.18 Å². The number of halogens is 3. The fourth-order valence-electron chi connectivity index (χ4n) is 0.969. The van der Waals surface area contributed by atoms with Gasteiger partial charge in [-0.15, -0.1) is 0 Å². The predicted octanol–water partition coefficient (Wildman–Crippen LogP) is 2.11. The Morgan fingerprint density at radius 2 is 2.14 bits per heavy atom. The Morgan fingerprint density at radius 3 is 2.71 bits per heavy atom. The van der Waals surface area contributed by atoms with Crippen LogP contribution in [0.25, 0.3) is 6.08 Å². The lowest BCUT2D eigenvalue weighted by Crippen LogP contribution is -2.09. The first-order chi connectivity index (χ1) is 6.55. The summed E-state index contributed by atoms with van der Waals surface area (Å²) in [5, 5.41) is 8.43. The highest BCUT2D eigenvalue weighted by atomic mass is 19.4. The van der Waals surface area contributed by atoms with Crippen LogP contribution in [-0.2, 0) is 6.18 Å². The van der Waals surface area contributed by atoms with E-state index in [4.69, 9.17) is 5.11 Å². The van der Waals surface area contributed by atoms with Gasteiger partial charge in [0, 0.05) is 11.8 Å². The van der Waals surface area contributed by atoms with Crippen LogP contribution in [0.5, 0.6) is 0 Å². The van der Waals surface area contributed by atoms with E-state index in [0.717, 1.165) is 6.20 Å². The molecular weight excluding hydrogens is 195 g/mol. The van der Waals surface area contributed by atoms with Crippen LogP contribution in [0.2, 0.25) is 0 Å². The summed E-state index contributed by atoms with van der Waals surface area (Å²) >= 11 is 0. The van der Waals surface area contributed by atoms with Crippen molar-refractivity contribution < 1.29 is 18.3 Å². The first kappa shape index (κ1) is 10.7. The summed E-state index contributed by atoms with van der Waals surface area (Å²) in [6.07, 6.45) is -0.961. The van der Waals surface area contributed by atoms with Crippen molar-refractivity contribution >= 4 is 6.08 Å². The van der Waals surface area contributed by atoms with Gasteiger partial charge in [0.25, 0.3) is 0 Å². The molecule has 0 fully saturated rings. The number of alkyl halides is 3. The van der Waals surface area contributed by atoms with E-state index in [9.17, 15) is 13.2 Å². The van der Waals surface area contributed by atoms with Gasteiger partial charge < -0.3 is 5.11 Å². The molecule has 0 saturated carbocycles. The van der Waals surface area contributed by atoms with Crippen LogP contribution < -0.4 is 0 Å². The van der Waals surface area contributed by atoms with Crippen LogP contribution >= 0.6 is 0 Å². The Hall–Kier alpha value is -1.36. The van der Waals surface area contributed by atoms with Gasteiger partial charge in [-0.2, -0.15) is 13.2 Å². The molecule has 1 rings (SSSR count). The van der Waals surface area contributed by atoms with E-state index >= 15 is 0 Å². The molecule has 0 spiro atoms. The zero-order chi connectivity index (χ0) is 10.6. The van der Waals surface area contributed by atoms with Crippen molar-refractivity contribution in [3.63, 3.8) is 0 Å². The van der Waals surface area contributed by atoms with Gasteiger partial charge in [-0.3, -0.25) is 4.98 Å². The SMILES string of the molecule is OC/C=C/c1cccnc1C(F)(F)F. The fourth-order valence-corrected chi connectivity index (χ4v) is 0.969.